The molecule has 1 aromatic heterocycles. The maximum absolute atomic E-state index is 12.9. The van der Waals surface area contributed by atoms with E-state index in [1.807, 2.05) is 26.8 Å². The van der Waals surface area contributed by atoms with Crippen LogP contribution in [0.1, 0.15) is 62.2 Å². The monoisotopic (exact) mass is 382 g/mol. The first-order chi connectivity index (χ1) is 12.7. The maximum atomic E-state index is 12.9. The molecule has 1 atom stereocenters. The lowest BCUT2D eigenvalue weighted by Gasteiger charge is -2.19. The first-order valence-electron chi connectivity index (χ1n) is 8.88. The lowest BCUT2D eigenvalue weighted by molar-refractivity contribution is -0.137. The Kier molecular flexibility index (Phi) is 6.87. The Morgan fingerprint density at radius 3 is 2.56 bits per heavy atom. The van der Waals surface area contributed by atoms with Crippen LogP contribution in [0.5, 0.6) is 0 Å². The van der Waals surface area contributed by atoms with Gasteiger partial charge in [-0.2, -0.15) is 13.2 Å². The van der Waals surface area contributed by atoms with Crippen LogP contribution in [0.2, 0.25) is 0 Å². The molecule has 1 unspecified atom stereocenters. The Balaban J connectivity index is 2.10. The maximum Gasteiger partial charge on any atom is 0.416 e. The highest BCUT2D eigenvalue weighted by Gasteiger charge is 2.30. The molecule has 8 heteroatoms. The molecule has 1 heterocycles. The summed E-state index contributed by atoms with van der Waals surface area (Å²) < 4.78 is 44.0. The molecule has 0 amide bonds. The second kappa shape index (κ2) is 8.92. The zero-order valence-corrected chi connectivity index (χ0v) is 15.9. The van der Waals surface area contributed by atoms with E-state index in [0.29, 0.717) is 23.8 Å². The highest BCUT2D eigenvalue weighted by Crippen LogP contribution is 2.30. The SMILES string of the molecule is CCNC(=NCc1cc(C(C)C)no1)NC(C)c1cccc(C(F)(F)F)c1. The third-order valence-electron chi connectivity index (χ3n) is 3.97. The van der Waals surface area contributed by atoms with Gasteiger partial charge in [0.25, 0.3) is 0 Å². The van der Waals surface area contributed by atoms with E-state index in [1.54, 1.807) is 13.0 Å². The Bertz CT molecular complexity index is 768. The van der Waals surface area contributed by atoms with Gasteiger partial charge in [0.2, 0.25) is 0 Å². The molecule has 2 rings (SSSR count). The summed E-state index contributed by atoms with van der Waals surface area (Å²) in [5, 5.41) is 10.2. The van der Waals surface area contributed by atoms with Gasteiger partial charge in [0.15, 0.2) is 11.7 Å². The molecular formula is C19H25F3N4O. The van der Waals surface area contributed by atoms with Gasteiger partial charge in [0.05, 0.1) is 17.3 Å². The minimum Gasteiger partial charge on any atom is -0.359 e. The van der Waals surface area contributed by atoms with E-state index in [1.165, 1.54) is 6.07 Å². The lowest BCUT2D eigenvalue weighted by atomic mass is 10.1. The van der Waals surface area contributed by atoms with Gasteiger partial charge in [-0.3, -0.25) is 0 Å². The summed E-state index contributed by atoms with van der Waals surface area (Å²) in [6.07, 6.45) is -4.37. The van der Waals surface area contributed by atoms with Gasteiger partial charge in [-0.1, -0.05) is 31.1 Å². The standard InChI is InChI=1S/C19H25F3N4O/c1-5-23-18(24-11-16-10-17(12(2)3)26-27-16)25-13(4)14-7-6-8-15(9-14)19(20,21)22/h6-10,12-13H,5,11H2,1-4H3,(H2,23,24,25). The van der Waals surface area contributed by atoms with Gasteiger partial charge in [0, 0.05) is 12.6 Å². The molecule has 5 nitrogen and oxygen atoms in total. The van der Waals surface area contributed by atoms with Gasteiger partial charge in [-0.15, -0.1) is 0 Å². The average molecular weight is 382 g/mol. The number of nitrogens with zero attached hydrogens (tertiary/aromatic N) is 2. The number of hydrogen-bond donors (Lipinski definition) is 2. The first kappa shape index (κ1) is 20.8. The molecule has 0 radical (unpaired) electrons. The van der Waals surface area contributed by atoms with E-state index in [-0.39, 0.29) is 18.5 Å². The molecule has 0 fully saturated rings. The molecule has 27 heavy (non-hydrogen) atoms. The van der Waals surface area contributed by atoms with Crippen LogP contribution in [-0.2, 0) is 12.7 Å². The molecule has 0 saturated carbocycles. The molecule has 0 aliphatic rings. The Morgan fingerprint density at radius 1 is 1.22 bits per heavy atom. The third-order valence-corrected chi connectivity index (χ3v) is 3.97. The number of benzene rings is 1. The Morgan fingerprint density at radius 2 is 1.96 bits per heavy atom. The average Bonchev–Trinajstić information content (AvgIpc) is 3.08. The molecule has 0 saturated heterocycles. The normalized spacial score (nSPS) is 13.7. The van der Waals surface area contributed by atoms with Gasteiger partial charge >= 0.3 is 6.18 Å². The quantitative estimate of drug-likeness (QED) is 0.565. The van der Waals surface area contributed by atoms with Crippen LogP contribution >= 0.6 is 0 Å². The summed E-state index contributed by atoms with van der Waals surface area (Å²) in [6.45, 7) is 8.64. The number of rotatable bonds is 6. The van der Waals surface area contributed by atoms with Crippen molar-refractivity contribution < 1.29 is 17.7 Å². The van der Waals surface area contributed by atoms with E-state index in [2.05, 4.69) is 20.8 Å². The first-order valence-corrected chi connectivity index (χ1v) is 8.88. The summed E-state index contributed by atoms with van der Waals surface area (Å²) in [6, 6.07) is 6.77. The zero-order chi connectivity index (χ0) is 20.0. The molecule has 2 N–H and O–H groups in total. The summed E-state index contributed by atoms with van der Waals surface area (Å²) in [5.74, 6) is 1.38. The number of aliphatic imine (C=N–C) groups is 1. The van der Waals surface area contributed by atoms with Crippen molar-refractivity contribution in [2.45, 2.75) is 52.4 Å². The molecular weight excluding hydrogens is 357 g/mol. The van der Waals surface area contributed by atoms with E-state index < -0.39 is 11.7 Å². The Labute approximate surface area is 157 Å². The third kappa shape index (κ3) is 6.01. The van der Waals surface area contributed by atoms with Crippen LogP contribution in [-0.4, -0.2) is 17.7 Å². The topological polar surface area (TPSA) is 62.5 Å². The number of halogens is 3. The number of hydrogen-bond acceptors (Lipinski definition) is 3. The molecule has 0 aliphatic carbocycles. The van der Waals surface area contributed by atoms with Crippen LogP contribution in [0.15, 0.2) is 39.8 Å². The summed E-state index contributed by atoms with van der Waals surface area (Å²) in [7, 11) is 0. The van der Waals surface area contributed by atoms with E-state index in [9.17, 15) is 13.2 Å². The predicted molar refractivity (Wildman–Crippen MR) is 98.4 cm³/mol. The van der Waals surface area contributed by atoms with Crippen LogP contribution in [0.3, 0.4) is 0 Å². The van der Waals surface area contributed by atoms with Crippen molar-refractivity contribution in [1.29, 1.82) is 0 Å². The van der Waals surface area contributed by atoms with Gasteiger partial charge in [0.1, 0.15) is 6.54 Å². The van der Waals surface area contributed by atoms with Gasteiger partial charge < -0.3 is 15.2 Å². The van der Waals surface area contributed by atoms with E-state index >= 15 is 0 Å². The van der Waals surface area contributed by atoms with Crippen LogP contribution in [0.25, 0.3) is 0 Å². The van der Waals surface area contributed by atoms with Crippen molar-refractivity contribution in [3.8, 4) is 0 Å². The zero-order valence-electron chi connectivity index (χ0n) is 15.9. The van der Waals surface area contributed by atoms with Crippen molar-refractivity contribution in [1.82, 2.24) is 15.8 Å². The molecule has 2 aromatic rings. The summed E-state index contributed by atoms with van der Waals surface area (Å²) >= 11 is 0. The second-order valence-electron chi connectivity index (χ2n) is 6.56. The van der Waals surface area contributed by atoms with Gasteiger partial charge in [-0.05, 0) is 37.5 Å². The second-order valence-corrected chi connectivity index (χ2v) is 6.56. The fourth-order valence-electron chi connectivity index (χ4n) is 2.43. The van der Waals surface area contributed by atoms with Crippen LogP contribution in [0, 0.1) is 0 Å². The van der Waals surface area contributed by atoms with Crippen molar-refractivity contribution in [2.75, 3.05) is 6.54 Å². The predicted octanol–water partition coefficient (Wildman–Crippen LogP) is 4.63. The number of guanidine groups is 1. The van der Waals surface area contributed by atoms with Crippen molar-refractivity contribution >= 4 is 5.96 Å². The van der Waals surface area contributed by atoms with Crippen molar-refractivity contribution in [2.24, 2.45) is 4.99 Å². The Hall–Kier alpha value is -2.51. The molecule has 0 bridgehead atoms. The van der Waals surface area contributed by atoms with Crippen LogP contribution < -0.4 is 10.6 Å². The summed E-state index contributed by atoms with van der Waals surface area (Å²) in [5.41, 5.74) is 0.714. The van der Waals surface area contributed by atoms with Crippen molar-refractivity contribution in [3.05, 3.63) is 52.9 Å². The highest BCUT2D eigenvalue weighted by atomic mass is 19.4. The molecule has 0 spiro atoms. The lowest BCUT2D eigenvalue weighted by Crippen LogP contribution is -2.38. The highest BCUT2D eigenvalue weighted by molar-refractivity contribution is 5.80. The van der Waals surface area contributed by atoms with E-state index in [0.717, 1.165) is 17.8 Å². The van der Waals surface area contributed by atoms with Crippen molar-refractivity contribution in [3.63, 3.8) is 0 Å². The number of nitrogens with one attached hydrogen (secondary N) is 2. The van der Waals surface area contributed by atoms with Crippen LogP contribution in [0.4, 0.5) is 13.2 Å². The smallest absolute Gasteiger partial charge is 0.359 e. The fraction of sp³-hybridized carbons (Fsp3) is 0.474. The molecule has 0 aliphatic heterocycles. The van der Waals surface area contributed by atoms with E-state index in [4.69, 9.17) is 4.52 Å². The van der Waals surface area contributed by atoms with Gasteiger partial charge in [-0.25, -0.2) is 4.99 Å². The summed E-state index contributed by atoms with van der Waals surface area (Å²) in [4.78, 5) is 4.43. The number of alkyl halides is 3. The molecule has 1 aromatic carbocycles. The minimum absolute atomic E-state index is 0.263. The molecule has 148 valence electrons. The largest absolute Gasteiger partial charge is 0.416 e. The fourth-order valence-corrected chi connectivity index (χ4v) is 2.43. The number of aromatic nitrogens is 1. The minimum atomic E-state index is -4.37.